The minimum atomic E-state index is -3.76. The Labute approximate surface area is 91.9 Å². The third-order valence-corrected chi connectivity index (χ3v) is 3.51. The van der Waals surface area contributed by atoms with E-state index in [-0.39, 0.29) is 5.03 Å². The van der Waals surface area contributed by atoms with Crippen LogP contribution < -0.4 is 0 Å². The van der Waals surface area contributed by atoms with E-state index in [9.17, 15) is 8.42 Å². The maximum atomic E-state index is 11.3. The molecule has 0 aliphatic heterocycles. The standard InChI is InChI=1S/C9H9ClN2O2S/c1-6-3-4-8-11-7(2)9(12(8)5-6)15(10,13)14/h3-5H,1-2H3. The quantitative estimate of drug-likeness (QED) is 0.720. The second-order valence-electron chi connectivity index (χ2n) is 3.37. The average molecular weight is 245 g/mol. The SMILES string of the molecule is Cc1ccc2nc(C)c(S(=O)(=O)Cl)n2c1. The number of aryl methyl sites for hydroxylation is 2. The molecule has 2 heterocycles. The first-order valence-electron chi connectivity index (χ1n) is 4.29. The summed E-state index contributed by atoms with van der Waals surface area (Å²) in [6, 6.07) is 3.63. The zero-order chi connectivity index (χ0) is 11.2. The molecule has 0 atom stereocenters. The van der Waals surface area contributed by atoms with Gasteiger partial charge in [0.15, 0.2) is 5.03 Å². The minimum Gasteiger partial charge on any atom is -0.289 e. The maximum absolute atomic E-state index is 11.3. The van der Waals surface area contributed by atoms with Crippen molar-refractivity contribution in [3.05, 3.63) is 29.6 Å². The minimum absolute atomic E-state index is 0.0443. The molecule has 2 aromatic rings. The largest absolute Gasteiger partial charge is 0.289 e. The highest BCUT2D eigenvalue weighted by atomic mass is 35.7. The Morgan fingerprint density at radius 3 is 2.60 bits per heavy atom. The van der Waals surface area contributed by atoms with Crippen LogP contribution in [-0.2, 0) is 9.05 Å². The fourth-order valence-corrected chi connectivity index (χ4v) is 2.88. The summed E-state index contributed by atoms with van der Waals surface area (Å²) in [4.78, 5) is 4.12. The number of nitrogens with zero attached hydrogens (tertiary/aromatic N) is 2. The number of fused-ring (bicyclic) bond motifs is 1. The number of hydrogen-bond donors (Lipinski definition) is 0. The average Bonchev–Trinajstić information content (AvgIpc) is 2.38. The first-order valence-corrected chi connectivity index (χ1v) is 6.60. The number of imidazole rings is 1. The summed E-state index contributed by atoms with van der Waals surface area (Å²) in [5.74, 6) is 0. The first kappa shape index (κ1) is 10.4. The van der Waals surface area contributed by atoms with E-state index in [0.717, 1.165) is 5.56 Å². The number of halogens is 1. The van der Waals surface area contributed by atoms with Crippen LogP contribution in [0.4, 0.5) is 0 Å². The van der Waals surface area contributed by atoms with Crippen LogP contribution >= 0.6 is 10.7 Å². The van der Waals surface area contributed by atoms with E-state index in [2.05, 4.69) is 4.98 Å². The lowest BCUT2D eigenvalue weighted by Crippen LogP contribution is -1.99. The Hall–Kier alpha value is -1.07. The molecule has 0 unspecified atom stereocenters. The van der Waals surface area contributed by atoms with Crippen molar-refractivity contribution < 1.29 is 8.42 Å². The summed E-state index contributed by atoms with van der Waals surface area (Å²) in [6.45, 7) is 3.50. The molecular formula is C9H9ClN2O2S. The molecule has 2 rings (SSSR count). The van der Waals surface area contributed by atoms with Crippen LogP contribution in [0.5, 0.6) is 0 Å². The fraction of sp³-hybridized carbons (Fsp3) is 0.222. The zero-order valence-electron chi connectivity index (χ0n) is 8.23. The van der Waals surface area contributed by atoms with Gasteiger partial charge in [0, 0.05) is 16.9 Å². The molecule has 6 heteroatoms. The van der Waals surface area contributed by atoms with E-state index in [1.807, 2.05) is 13.0 Å². The number of aromatic nitrogens is 2. The van der Waals surface area contributed by atoms with Crippen LogP contribution in [0.15, 0.2) is 23.4 Å². The summed E-state index contributed by atoms with van der Waals surface area (Å²) in [6.07, 6.45) is 1.70. The Morgan fingerprint density at radius 1 is 1.33 bits per heavy atom. The summed E-state index contributed by atoms with van der Waals surface area (Å²) < 4.78 is 24.2. The van der Waals surface area contributed by atoms with Gasteiger partial charge >= 0.3 is 0 Å². The van der Waals surface area contributed by atoms with Gasteiger partial charge in [0.2, 0.25) is 0 Å². The van der Waals surface area contributed by atoms with E-state index >= 15 is 0 Å². The fourth-order valence-electron chi connectivity index (χ4n) is 1.54. The highest BCUT2D eigenvalue weighted by Crippen LogP contribution is 2.21. The Bertz CT molecular complexity index is 631. The molecule has 0 spiro atoms. The Balaban J connectivity index is 2.95. The Morgan fingerprint density at radius 2 is 2.00 bits per heavy atom. The van der Waals surface area contributed by atoms with Crippen molar-refractivity contribution in [1.29, 1.82) is 0 Å². The van der Waals surface area contributed by atoms with Gasteiger partial charge in [-0.3, -0.25) is 4.40 Å². The highest BCUT2D eigenvalue weighted by molar-refractivity contribution is 8.13. The van der Waals surface area contributed by atoms with Gasteiger partial charge in [0.1, 0.15) is 5.65 Å². The predicted molar refractivity (Wildman–Crippen MR) is 57.7 cm³/mol. The lowest BCUT2D eigenvalue weighted by molar-refractivity contribution is 0.604. The molecular weight excluding hydrogens is 236 g/mol. The zero-order valence-corrected chi connectivity index (χ0v) is 9.80. The van der Waals surface area contributed by atoms with Crippen molar-refractivity contribution in [1.82, 2.24) is 9.38 Å². The van der Waals surface area contributed by atoms with Gasteiger partial charge in [0.05, 0.1) is 5.69 Å². The number of pyridine rings is 1. The van der Waals surface area contributed by atoms with Gasteiger partial charge < -0.3 is 0 Å². The van der Waals surface area contributed by atoms with Gasteiger partial charge in [-0.2, -0.15) is 0 Å². The van der Waals surface area contributed by atoms with Gasteiger partial charge in [-0.1, -0.05) is 6.07 Å². The molecule has 80 valence electrons. The van der Waals surface area contributed by atoms with E-state index in [1.165, 1.54) is 4.40 Å². The summed E-state index contributed by atoms with van der Waals surface area (Å²) in [7, 11) is 1.59. The van der Waals surface area contributed by atoms with Crippen molar-refractivity contribution in [3.63, 3.8) is 0 Å². The third kappa shape index (κ3) is 1.72. The molecule has 0 bridgehead atoms. The van der Waals surface area contributed by atoms with Crippen LogP contribution in [-0.4, -0.2) is 17.8 Å². The third-order valence-electron chi connectivity index (χ3n) is 2.12. The van der Waals surface area contributed by atoms with Crippen LogP contribution in [0.2, 0.25) is 0 Å². The van der Waals surface area contributed by atoms with E-state index in [4.69, 9.17) is 10.7 Å². The van der Waals surface area contributed by atoms with Crippen LogP contribution in [0.1, 0.15) is 11.3 Å². The molecule has 0 saturated carbocycles. The first-order chi connectivity index (χ1) is 6.89. The van der Waals surface area contributed by atoms with Crippen molar-refractivity contribution in [2.75, 3.05) is 0 Å². The normalized spacial score (nSPS) is 12.2. The summed E-state index contributed by atoms with van der Waals surface area (Å²) in [5, 5.41) is 0.0443. The molecule has 0 aromatic carbocycles. The molecule has 0 aliphatic carbocycles. The maximum Gasteiger partial charge on any atom is 0.279 e. The lowest BCUT2D eigenvalue weighted by Gasteiger charge is -1.99. The molecule has 15 heavy (non-hydrogen) atoms. The van der Waals surface area contributed by atoms with Crippen LogP contribution in [0.25, 0.3) is 5.65 Å². The highest BCUT2D eigenvalue weighted by Gasteiger charge is 2.20. The van der Waals surface area contributed by atoms with Crippen molar-refractivity contribution in [3.8, 4) is 0 Å². The molecule has 4 nitrogen and oxygen atoms in total. The van der Waals surface area contributed by atoms with Gasteiger partial charge in [-0.15, -0.1) is 0 Å². The molecule has 0 aliphatic rings. The smallest absolute Gasteiger partial charge is 0.279 e. The van der Waals surface area contributed by atoms with E-state index in [1.54, 1.807) is 19.2 Å². The van der Waals surface area contributed by atoms with Crippen molar-refractivity contribution in [2.45, 2.75) is 18.9 Å². The monoisotopic (exact) mass is 244 g/mol. The lowest BCUT2D eigenvalue weighted by atomic mass is 10.3. The molecule has 0 fully saturated rings. The topological polar surface area (TPSA) is 51.4 Å². The molecule has 0 saturated heterocycles. The van der Waals surface area contributed by atoms with Crippen molar-refractivity contribution in [2.24, 2.45) is 0 Å². The molecule has 0 amide bonds. The molecule has 0 radical (unpaired) electrons. The summed E-state index contributed by atoms with van der Waals surface area (Å²) >= 11 is 0. The molecule has 2 aromatic heterocycles. The molecule has 0 N–H and O–H groups in total. The predicted octanol–water partition coefficient (Wildman–Crippen LogP) is 1.88. The van der Waals surface area contributed by atoms with Gasteiger partial charge in [-0.25, -0.2) is 13.4 Å². The second-order valence-corrected chi connectivity index (χ2v) is 5.86. The Kier molecular flexibility index (Phi) is 2.24. The van der Waals surface area contributed by atoms with Gasteiger partial charge in [0.25, 0.3) is 9.05 Å². The van der Waals surface area contributed by atoms with Crippen LogP contribution in [0.3, 0.4) is 0 Å². The number of rotatable bonds is 1. The number of hydrogen-bond acceptors (Lipinski definition) is 3. The van der Waals surface area contributed by atoms with E-state index < -0.39 is 9.05 Å². The van der Waals surface area contributed by atoms with Gasteiger partial charge in [-0.05, 0) is 25.5 Å². The second kappa shape index (κ2) is 3.21. The van der Waals surface area contributed by atoms with E-state index in [0.29, 0.717) is 11.3 Å². The summed E-state index contributed by atoms with van der Waals surface area (Å²) in [5.41, 5.74) is 1.94. The van der Waals surface area contributed by atoms with Crippen LogP contribution in [0, 0.1) is 13.8 Å². The van der Waals surface area contributed by atoms with Crippen molar-refractivity contribution >= 4 is 25.4 Å².